The molecule has 0 fully saturated rings. The molecule has 0 aliphatic carbocycles. The molecule has 0 atom stereocenters. The van der Waals surface area contributed by atoms with Crippen LogP contribution in [-0.4, -0.2) is 9.55 Å². The minimum atomic E-state index is -0.711. The molecule has 6 heteroatoms. The number of benzene rings is 2. The molecular formula is C15H9F2N3S. The monoisotopic (exact) mass is 301 g/mol. The van der Waals surface area contributed by atoms with Crippen molar-refractivity contribution in [1.29, 1.82) is 5.26 Å². The van der Waals surface area contributed by atoms with E-state index in [0.29, 0.717) is 22.2 Å². The summed E-state index contributed by atoms with van der Waals surface area (Å²) in [6.45, 7) is 1.55. The second-order valence-corrected chi connectivity index (χ2v) is 5.02. The Kier molecular flexibility index (Phi) is 3.07. The minimum absolute atomic E-state index is 0.170. The molecule has 0 radical (unpaired) electrons. The van der Waals surface area contributed by atoms with Crippen LogP contribution in [0.1, 0.15) is 11.1 Å². The summed E-state index contributed by atoms with van der Waals surface area (Å²) >= 11 is 5.17. The predicted octanol–water partition coefficient (Wildman–Crippen LogP) is 4.15. The molecule has 3 aromatic rings. The highest BCUT2D eigenvalue weighted by Gasteiger charge is 2.17. The van der Waals surface area contributed by atoms with Gasteiger partial charge in [-0.25, -0.2) is 8.78 Å². The van der Waals surface area contributed by atoms with Gasteiger partial charge < -0.3 is 4.98 Å². The van der Waals surface area contributed by atoms with Gasteiger partial charge >= 0.3 is 0 Å². The van der Waals surface area contributed by atoms with E-state index in [4.69, 9.17) is 17.5 Å². The summed E-state index contributed by atoms with van der Waals surface area (Å²) in [5.74, 6) is -1.38. The van der Waals surface area contributed by atoms with E-state index < -0.39 is 11.6 Å². The number of nitrogens with zero attached hydrogens (tertiary/aromatic N) is 2. The fourth-order valence-electron chi connectivity index (χ4n) is 2.24. The molecule has 1 N–H and O–H groups in total. The summed E-state index contributed by atoms with van der Waals surface area (Å²) in [4.78, 5) is 2.89. The minimum Gasteiger partial charge on any atom is -0.330 e. The van der Waals surface area contributed by atoms with Crippen LogP contribution in [0.15, 0.2) is 30.3 Å². The van der Waals surface area contributed by atoms with Crippen molar-refractivity contribution in [2.45, 2.75) is 6.92 Å². The molecule has 0 bridgehead atoms. The maximum atomic E-state index is 14.3. The SMILES string of the molecule is Cc1ccc(F)c(-n2c(=S)[nH]c3ccc(C#N)cc32)c1F. The molecule has 0 saturated carbocycles. The number of rotatable bonds is 1. The normalized spacial score (nSPS) is 10.8. The molecule has 0 aliphatic heterocycles. The Morgan fingerprint density at radius 2 is 2.00 bits per heavy atom. The van der Waals surface area contributed by atoms with Crippen molar-refractivity contribution < 1.29 is 8.78 Å². The molecule has 0 unspecified atom stereocenters. The van der Waals surface area contributed by atoms with Crippen LogP contribution in [0.25, 0.3) is 16.7 Å². The van der Waals surface area contributed by atoms with E-state index in [9.17, 15) is 8.78 Å². The van der Waals surface area contributed by atoms with Crippen LogP contribution < -0.4 is 0 Å². The summed E-state index contributed by atoms with van der Waals surface area (Å²) in [7, 11) is 0. The van der Waals surface area contributed by atoms with Gasteiger partial charge in [-0.2, -0.15) is 5.26 Å². The largest absolute Gasteiger partial charge is 0.330 e. The summed E-state index contributed by atoms with van der Waals surface area (Å²) in [6.07, 6.45) is 0. The van der Waals surface area contributed by atoms with E-state index in [2.05, 4.69) is 4.98 Å². The van der Waals surface area contributed by atoms with Crippen molar-refractivity contribution in [3.05, 3.63) is 57.9 Å². The third-order valence-electron chi connectivity index (χ3n) is 3.30. The highest BCUT2D eigenvalue weighted by molar-refractivity contribution is 7.71. The third kappa shape index (κ3) is 2.03. The fraction of sp³-hybridized carbons (Fsp3) is 0.0667. The number of nitriles is 1. The lowest BCUT2D eigenvalue weighted by atomic mass is 10.1. The zero-order valence-corrected chi connectivity index (χ0v) is 11.8. The molecule has 0 aliphatic rings. The molecule has 0 spiro atoms. The van der Waals surface area contributed by atoms with Gasteiger partial charge in [-0.1, -0.05) is 6.07 Å². The van der Waals surface area contributed by atoms with Crippen molar-refractivity contribution in [2.75, 3.05) is 0 Å². The number of H-pyrrole nitrogens is 1. The number of aryl methyl sites for hydroxylation is 1. The summed E-state index contributed by atoms with van der Waals surface area (Å²) in [6, 6.07) is 9.38. The molecule has 0 amide bonds. The lowest BCUT2D eigenvalue weighted by Gasteiger charge is -2.09. The number of nitrogens with one attached hydrogen (secondary N) is 1. The first-order valence-electron chi connectivity index (χ1n) is 6.13. The van der Waals surface area contributed by atoms with Crippen LogP contribution in [0.2, 0.25) is 0 Å². The topological polar surface area (TPSA) is 44.5 Å². The summed E-state index contributed by atoms with van der Waals surface area (Å²) < 4.78 is 29.9. The van der Waals surface area contributed by atoms with Crippen LogP contribution in [0.5, 0.6) is 0 Å². The molecule has 3 nitrogen and oxygen atoms in total. The first kappa shape index (κ1) is 13.5. The summed E-state index contributed by atoms with van der Waals surface area (Å²) in [5, 5.41) is 8.97. The van der Waals surface area contributed by atoms with Gasteiger partial charge in [-0.3, -0.25) is 4.57 Å². The molecule has 0 saturated heterocycles. The van der Waals surface area contributed by atoms with Gasteiger partial charge in [0.15, 0.2) is 10.6 Å². The predicted molar refractivity (Wildman–Crippen MR) is 77.8 cm³/mol. The van der Waals surface area contributed by atoms with Crippen molar-refractivity contribution in [3.8, 4) is 11.8 Å². The Morgan fingerprint density at radius 1 is 1.24 bits per heavy atom. The van der Waals surface area contributed by atoms with E-state index in [0.717, 1.165) is 0 Å². The van der Waals surface area contributed by atoms with Gasteiger partial charge in [0, 0.05) is 0 Å². The maximum absolute atomic E-state index is 14.3. The van der Waals surface area contributed by atoms with Crippen LogP contribution in [0, 0.1) is 34.7 Å². The Bertz CT molecular complexity index is 963. The van der Waals surface area contributed by atoms with Gasteiger partial charge in [-0.05, 0) is 49.0 Å². The smallest absolute Gasteiger partial charge is 0.182 e. The molecule has 2 aromatic carbocycles. The molecule has 3 rings (SSSR count). The Morgan fingerprint density at radius 3 is 2.71 bits per heavy atom. The molecule has 21 heavy (non-hydrogen) atoms. The van der Waals surface area contributed by atoms with Crippen molar-refractivity contribution in [3.63, 3.8) is 0 Å². The van der Waals surface area contributed by atoms with Crippen molar-refractivity contribution in [1.82, 2.24) is 9.55 Å². The van der Waals surface area contributed by atoms with E-state index in [1.54, 1.807) is 25.1 Å². The second kappa shape index (κ2) is 4.79. The second-order valence-electron chi connectivity index (χ2n) is 4.64. The summed E-state index contributed by atoms with van der Waals surface area (Å²) in [5.41, 5.74) is 1.54. The third-order valence-corrected chi connectivity index (χ3v) is 3.58. The molecule has 1 heterocycles. The number of hydrogen-bond acceptors (Lipinski definition) is 2. The fourth-order valence-corrected chi connectivity index (χ4v) is 2.54. The number of fused-ring (bicyclic) bond motifs is 1. The zero-order chi connectivity index (χ0) is 15.1. The average Bonchev–Trinajstić information content (AvgIpc) is 2.79. The Labute approximate surface area is 124 Å². The van der Waals surface area contributed by atoms with E-state index in [1.807, 2.05) is 6.07 Å². The Balaban J connectivity index is 2.46. The van der Waals surface area contributed by atoms with Crippen molar-refractivity contribution in [2.24, 2.45) is 0 Å². The highest BCUT2D eigenvalue weighted by Crippen LogP contribution is 2.26. The van der Waals surface area contributed by atoms with Crippen LogP contribution in [0.4, 0.5) is 8.78 Å². The molecule has 1 aromatic heterocycles. The van der Waals surface area contributed by atoms with E-state index in [1.165, 1.54) is 16.7 Å². The number of aromatic nitrogens is 2. The Hall–Kier alpha value is -2.52. The van der Waals surface area contributed by atoms with Gasteiger partial charge in [-0.15, -0.1) is 0 Å². The van der Waals surface area contributed by atoms with Gasteiger partial charge in [0.2, 0.25) is 0 Å². The first-order valence-corrected chi connectivity index (χ1v) is 6.53. The molecular weight excluding hydrogens is 292 g/mol. The van der Waals surface area contributed by atoms with Gasteiger partial charge in [0.1, 0.15) is 11.5 Å². The quantitative estimate of drug-likeness (QED) is 0.686. The van der Waals surface area contributed by atoms with Crippen molar-refractivity contribution >= 4 is 23.3 Å². The number of hydrogen-bond donors (Lipinski definition) is 1. The van der Waals surface area contributed by atoms with Gasteiger partial charge in [0.05, 0.1) is 22.7 Å². The highest BCUT2D eigenvalue weighted by atomic mass is 32.1. The first-order chi connectivity index (χ1) is 10.0. The van der Waals surface area contributed by atoms with Crippen LogP contribution in [0.3, 0.4) is 0 Å². The van der Waals surface area contributed by atoms with Gasteiger partial charge in [0.25, 0.3) is 0 Å². The van der Waals surface area contributed by atoms with Crippen LogP contribution >= 0.6 is 12.2 Å². The molecule has 104 valence electrons. The standard InChI is InChI=1S/C15H9F2N3S/c1-8-2-4-10(16)14(13(8)17)20-12-6-9(7-18)3-5-11(12)19-15(20)21/h2-6H,1H3,(H,19,21). The maximum Gasteiger partial charge on any atom is 0.182 e. The lowest BCUT2D eigenvalue weighted by molar-refractivity contribution is 0.564. The zero-order valence-electron chi connectivity index (χ0n) is 10.9. The number of halogens is 2. The lowest BCUT2D eigenvalue weighted by Crippen LogP contribution is -2.03. The number of aromatic amines is 1. The van der Waals surface area contributed by atoms with Crippen LogP contribution in [-0.2, 0) is 0 Å². The average molecular weight is 301 g/mol. The van der Waals surface area contributed by atoms with E-state index in [-0.39, 0.29) is 10.5 Å². The van der Waals surface area contributed by atoms with E-state index >= 15 is 0 Å². The number of imidazole rings is 1.